The number of ketones is 1. The van der Waals surface area contributed by atoms with Gasteiger partial charge in [-0.3, -0.25) is 9.59 Å². The number of Topliss-reactive ketones (excluding diaryl/α,β-unsaturated/α-hetero) is 1. The van der Waals surface area contributed by atoms with Crippen LogP contribution < -0.4 is 5.73 Å². The van der Waals surface area contributed by atoms with Crippen molar-refractivity contribution in [2.75, 3.05) is 0 Å². The molecular formula is C12H19NO3. The lowest BCUT2D eigenvalue weighted by Gasteiger charge is -2.05. The van der Waals surface area contributed by atoms with Gasteiger partial charge in [0.15, 0.2) is 5.78 Å². The van der Waals surface area contributed by atoms with Crippen LogP contribution in [0.15, 0.2) is 24.3 Å². The molecule has 0 aliphatic heterocycles. The van der Waals surface area contributed by atoms with Crippen molar-refractivity contribution in [3.63, 3.8) is 0 Å². The first-order chi connectivity index (χ1) is 7.57. The Kier molecular flexibility index (Phi) is 8.07. The van der Waals surface area contributed by atoms with Gasteiger partial charge in [-0.25, -0.2) is 0 Å². The van der Waals surface area contributed by atoms with Crippen LogP contribution in [-0.2, 0) is 9.59 Å². The van der Waals surface area contributed by atoms with Crippen LogP contribution in [-0.4, -0.2) is 22.9 Å². The molecule has 0 aromatic rings. The molecule has 0 bridgehead atoms. The molecule has 0 aromatic carbocycles. The number of amides is 1. The Morgan fingerprint density at radius 1 is 1.31 bits per heavy atom. The molecule has 0 fully saturated rings. The van der Waals surface area contributed by atoms with E-state index in [2.05, 4.69) is 0 Å². The van der Waals surface area contributed by atoms with Crippen molar-refractivity contribution >= 4 is 11.7 Å². The molecule has 0 aliphatic rings. The number of aliphatic hydroxyl groups excluding tert-OH is 1. The summed E-state index contributed by atoms with van der Waals surface area (Å²) < 4.78 is 0. The summed E-state index contributed by atoms with van der Waals surface area (Å²) in [6.07, 6.45) is 7.90. The van der Waals surface area contributed by atoms with E-state index in [0.717, 1.165) is 6.42 Å². The number of primary amides is 1. The van der Waals surface area contributed by atoms with Crippen LogP contribution in [0.25, 0.3) is 0 Å². The molecule has 0 rings (SSSR count). The number of aliphatic hydroxyl groups is 1. The van der Waals surface area contributed by atoms with Crippen molar-refractivity contribution in [3.05, 3.63) is 24.3 Å². The maximum Gasteiger partial charge on any atom is 0.220 e. The van der Waals surface area contributed by atoms with Crippen molar-refractivity contribution in [2.24, 2.45) is 5.73 Å². The molecule has 3 N–H and O–H groups in total. The maximum atomic E-state index is 11.3. The molecule has 4 heteroatoms. The van der Waals surface area contributed by atoms with Crippen LogP contribution in [0, 0.1) is 0 Å². The summed E-state index contributed by atoms with van der Waals surface area (Å²) in [6, 6.07) is 0. The Hall–Kier alpha value is -1.42. The third kappa shape index (κ3) is 7.94. The molecule has 0 aliphatic carbocycles. The quantitative estimate of drug-likeness (QED) is 0.607. The van der Waals surface area contributed by atoms with Gasteiger partial charge in [-0.15, -0.1) is 0 Å². The van der Waals surface area contributed by atoms with Crippen LogP contribution in [0.3, 0.4) is 0 Å². The summed E-state index contributed by atoms with van der Waals surface area (Å²) in [5.74, 6) is -1.00. The monoisotopic (exact) mass is 225 g/mol. The van der Waals surface area contributed by atoms with E-state index >= 15 is 0 Å². The van der Waals surface area contributed by atoms with Crippen LogP contribution in [0.4, 0.5) is 0 Å². The summed E-state index contributed by atoms with van der Waals surface area (Å²) in [5, 5.41) is 9.24. The molecule has 0 radical (unpaired) electrons. The van der Waals surface area contributed by atoms with E-state index in [-0.39, 0.29) is 18.6 Å². The summed E-state index contributed by atoms with van der Waals surface area (Å²) >= 11 is 0. The highest BCUT2D eigenvalue weighted by Gasteiger charge is 2.15. The second-order valence-electron chi connectivity index (χ2n) is 3.47. The van der Waals surface area contributed by atoms with E-state index in [1.807, 2.05) is 31.2 Å². The molecule has 0 spiro atoms. The second kappa shape index (κ2) is 8.85. The number of hydrogen-bond acceptors (Lipinski definition) is 3. The Morgan fingerprint density at radius 3 is 2.56 bits per heavy atom. The van der Waals surface area contributed by atoms with E-state index in [1.165, 1.54) is 0 Å². The van der Waals surface area contributed by atoms with Crippen molar-refractivity contribution in [1.82, 2.24) is 0 Å². The Balaban J connectivity index is 3.72. The van der Waals surface area contributed by atoms with E-state index in [0.29, 0.717) is 6.42 Å². The van der Waals surface area contributed by atoms with Gasteiger partial charge in [0.25, 0.3) is 0 Å². The van der Waals surface area contributed by atoms with Gasteiger partial charge >= 0.3 is 0 Å². The highest BCUT2D eigenvalue weighted by Crippen LogP contribution is 2.01. The minimum absolute atomic E-state index is 0.237. The predicted octanol–water partition coefficient (Wildman–Crippen LogP) is 1.09. The fourth-order valence-electron chi connectivity index (χ4n) is 1.13. The SMILES string of the molecule is C/C=C/C/C=C/CCC(=O)C(O)CC(N)=O. The smallest absolute Gasteiger partial charge is 0.220 e. The first-order valence-corrected chi connectivity index (χ1v) is 5.33. The molecule has 1 unspecified atom stereocenters. The van der Waals surface area contributed by atoms with Gasteiger partial charge in [-0.2, -0.15) is 0 Å². The number of nitrogens with two attached hydrogens (primary N) is 1. The average Bonchev–Trinajstić information content (AvgIpc) is 2.21. The molecule has 0 saturated heterocycles. The highest BCUT2D eigenvalue weighted by molar-refractivity contribution is 5.88. The fraction of sp³-hybridized carbons (Fsp3) is 0.500. The lowest BCUT2D eigenvalue weighted by atomic mass is 10.1. The molecule has 0 heterocycles. The number of allylic oxidation sites excluding steroid dienone is 4. The zero-order chi connectivity index (χ0) is 12.4. The molecular weight excluding hydrogens is 206 g/mol. The molecule has 90 valence electrons. The predicted molar refractivity (Wildman–Crippen MR) is 62.6 cm³/mol. The van der Waals surface area contributed by atoms with E-state index in [4.69, 9.17) is 5.73 Å². The highest BCUT2D eigenvalue weighted by atomic mass is 16.3. The van der Waals surface area contributed by atoms with E-state index in [9.17, 15) is 14.7 Å². The number of rotatable bonds is 8. The van der Waals surface area contributed by atoms with Crippen LogP contribution in [0.2, 0.25) is 0 Å². The minimum Gasteiger partial charge on any atom is -0.385 e. The lowest BCUT2D eigenvalue weighted by Crippen LogP contribution is -2.26. The lowest BCUT2D eigenvalue weighted by molar-refractivity contribution is -0.131. The third-order valence-corrected chi connectivity index (χ3v) is 2.00. The van der Waals surface area contributed by atoms with E-state index < -0.39 is 12.0 Å². The molecule has 1 atom stereocenters. The standard InChI is InChI=1S/C12H19NO3/c1-2-3-4-5-6-7-8-10(14)11(15)9-12(13)16/h2-3,5-6,11,15H,4,7-9H2,1H3,(H2,13,16)/b3-2+,6-5+. The van der Waals surface area contributed by atoms with Crippen LogP contribution in [0.1, 0.15) is 32.6 Å². The zero-order valence-electron chi connectivity index (χ0n) is 9.56. The van der Waals surface area contributed by atoms with Gasteiger partial charge in [0, 0.05) is 6.42 Å². The topological polar surface area (TPSA) is 80.4 Å². The number of hydrogen-bond donors (Lipinski definition) is 2. The fourth-order valence-corrected chi connectivity index (χ4v) is 1.13. The largest absolute Gasteiger partial charge is 0.385 e. The van der Waals surface area contributed by atoms with Gasteiger partial charge in [0.2, 0.25) is 5.91 Å². The normalized spacial score (nSPS) is 13.4. The van der Waals surface area contributed by atoms with Gasteiger partial charge in [0.05, 0.1) is 6.42 Å². The van der Waals surface area contributed by atoms with Gasteiger partial charge in [-0.1, -0.05) is 24.3 Å². The summed E-state index contributed by atoms with van der Waals surface area (Å²) in [5.41, 5.74) is 4.87. The third-order valence-electron chi connectivity index (χ3n) is 2.00. The Labute approximate surface area is 95.8 Å². The average molecular weight is 225 g/mol. The van der Waals surface area contributed by atoms with Crippen molar-refractivity contribution < 1.29 is 14.7 Å². The summed E-state index contributed by atoms with van der Waals surface area (Å²) in [4.78, 5) is 21.7. The minimum atomic E-state index is -1.25. The second-order valence-corrected chi connectivity index (χ2v) is 3.47. The molecule has 4 nitrogen and oxygen atoms in total. The Morgan fingerprint density at radius 2 is 2.00 bits per heavy atom. The number of carbonyl (C=O) groups is 2. The van der Waals surface area contributed by atoms with Crippen molar-refractivity contribution in [3.8, 4) is 0 Å². The number of carbonyl (C=O) groups excluding carboxylic acids is 2. The zero-order valence-corrected chi connectivity index (χ0v) is 9.56. The van der Waals surface area contributed by atoms with Gasteiger partial charge in [0.1, 0.15) is 6.10 Å². The first kappa shape index (κ1) is 14.6. The van der Waals surface area contributed by atoms with E-state index in [1.54, 1.807) is 0 Å². The summed E-state index contributed by atoms with van der Waals surface area (Å²) in [6.45, 7) is 1.94. The summed E-state index contributed by atoms with van der Waals surface area (Å²) in [7, 11) is 0. The first-order valence-electron chi connectivity index (χ1n) is 5.33. The van der Waals surface area contributed by atoms with Crippen LogP contribution >= 0.6 is 0 Å². The molecule has 0 aromatic heterocycles. The van der Waals surface area contributed by atoms with Crippen molar-refractivity contribution in [1.29, 1.82) is 0 Å². The molecule has 0 saturated carbocycles. The molecule has 1 amide bonds. The molecule has 16 heavy (non-hydrogen) atoms. The van der Waals surface area contributed by atoms with Crippen molar-refractivity contribution in [2.45, 2.75) is 38.7 Å². The van der Waals surface area contributed by atoms with Gasteiger partial charge < -0.3 is 10.8 Å². The maximum absolute atomic E-state index is 11.3. The van der Waals surface area contributed by atoms with Gasteiger partial charge in [-0.05, 0) is 19.8 Å². The van der Waals surface area contributed by atoms with Crippen LogP contribution in [0.5, 0.6) is 0 Å². The Bertz CT molecular complexity index is 282.